The van der Waals surface area contributed by atoms with Gasteiger partial charge in [0.1, 0.15) is 11.5 Å². The van der Waals surface area contributed by atoms with Gasteiger partial charge < -0.3 is 15.4 Å². The fraction of sp³-hybridized carbons (Fsp3) is 0.643. The highest BCUT2D eigenvalue weighted by atomic mass is 16.5. The Hall–Kier alpha value is -1.69. The Balaban J connectivity index is 2.06. The van der Waals surface area contributed by atoms with Crippen LogP contribution >= 0.6 is 0 Å². The molecule has 1 fully saturated rings. The van der Waals surface area contributed by atoms with Crippen LogP contribution in [-0.4, -0.2) is 42.0 Å². The summed E-state index contributed by atoms with van der Waals surface area (Å²) in [7, 11) is 0. The molecule has 0 unspecified atom stereocenters. The van der Waals surface area contributed by atoms with Crippen molar-refractivity contribution >= 4 is 12.1 Å². The molecule has 0 spiro atoms. The van der Waals surface area contributed by atoms with E-state index in [1.165, 1.54) is 0 Å². The summed E-state index contributed by atoms with van der Waals surface area (Å²) in [6, 6.07) is 2.31. The first-order valence-electron chi connectivity index (χ1n) is 7.11. The Morgan fingerprint density at radius 1 is 1.45 bits per heavy atom. The van der Waals surface area contributed by atoms with Crippen LogP contribution in [0.5, 0.6) is 6.01 Å². The third kappa shape index (κ3) is 4.45. The van der Waals surface area contributed by atoms with E-state index in [9.17, 15) is 4.79 Å². The predicted octanol–water partition coefficient (Wildman–Crippen LogP) is 1.49. The summed E-state index contributed by atoms with van der Waals surface area (Å²) in [6.07, 6.45) is 2.81. The molecule has 0 aliphatic carbocycles. The molecule has 0 amide bonds. The van der Waals surface area contributed by atoms with Crippen LogP contribution in [0, 0.1) is 5.92 Å². The van der Waals surface area contributed by atoms with Gasteiger partial charge in [-0.15, -0.1) is 0 Å². The molecular weight excluding hydrogens is 256 g/mol. The van der Waals surface area contributed by atoms with E-state index >= 15 is 0 Å². The van der Waals surface area contributed by atoms with Gasteiger partial charge in [-0.05, 0) is 31.8 Å². The average molecular weight is 278 g/mol. The number of hydrogen-bond acceptors (Lipinski definition) is 6. The SMILES string of the molecule is CC(C)COc1nc(C=O)cc(NC2CCNCC2)n1. The molecule has 0 bridgehead atoms. The van der Waals surface area contributed by atoms with Crippen molar-refractivity contribution in [1.82, 2.24) is 15.3 Å². The number of piperidine rings is 1. The minimum absolute atomic E-state index is 0.264. The minimum atomic E-state index is 0.264. The summed E-state index contributed by atoms with van der Waals surface area (Å²) in [5.74, 6) is 1.05. The van der Waals surface area contributed by atoms with E-state index in [0.29, 0.717) is 30.1 Å². The summed E-state index contributed by atoms with van der Waals surface area (Å²) in [5, 5.41) is 6.67. The molecule has 20 heavy (non-hydrogen) atoms. The molecule has 0 atom stereocenters. The zero-order valence-corrected chi connectivity index (χ0v) is 12.1. The average Bonchev–Trinajstić information content (AvgIpc) is 2.46. The predicted molar refractivity (Wildman–Crippen MR) is 77.3 cm³/mol. The number of nitrogens with zero attached hydrogens (tertiary/aromatic N) is 2. The largest absolute Gasteiger partial charge is 0.463 e. The maximum atomic E-state index is 11.0. The maximum Gasteiger partial charge on any atom is 0.319 e. The van der Waals surface area contributed by atoms with Crippen molar-refractivity contribution in [1.29, 1.82) is 0 Å². The normalized spacial score (nSPS) is 16.1. The molecule has 1 aromatic heterocycles. The van der Waals surface area contributed by atoms with Crippen molar-refractivity contribution in [2.24, 2.45) is 5.92 Å². The lowest BCUT2D eigenvalue weighted by Gasteiger charge is -2.24. The first kappa shape index (κ1) is 14.7. The molecule has 2 heterocycles. The fourth-order valence-electron chi connectivity index (χ4n) is 2.06. The van der Waals surface area contributed by atoms with Crippen LogP contribution in [0.25, 0.3) is 0 Å². The Bertz CT molecular complexity index is 445. The first-order valence-corrected chi connectivity index (χ1v) is 7.11. The Labute approximate surface area is 119 Å². The minimum Gasteiger partial charge on any atom is -0.463 e. The second kappa shape index (κ2) is 7.19. The van der Waals surface area contributed by atoms with Crippen LogP contribution in [0.4, 0.5) is 5.82 Å². The van der Waals surface area contributed by atoms with Crippen LogP contribution in [0.3, 0.4) is 0 Å². The molecule has 2 rings (SSSR count). The van der Waals surface area contributed by atoms with E-state index in [1.54, 1.807) is 6.07 Å². The number of ether oxygens (including phenoxy) is 1. The van der Waals surface area contributed by atoms with Gasteiger partial charge >= 0.3 is 6.01 Å². The van der Waals surface area contributed by atoms with Gasteiger partial charge in [0.15, 0.2) is 6.29 Å². The molecule has 1 aromatic rings. The summed E-state index contributed by atoms with van der Waals surface area (Å²) in [4.78, 5) is 19.3. The second-order valence-corrected chi connectivity index (χ2v) is 5.45. The number of hydrogen-bond donors (Lipinski definition) is 2. The van der Waals surface area contributed by atoms with E-state index in [1.807, 2.05) is 0 Å². The van der Waals surface area contributed by atoms with Gasteiger partial charge in [0.2, 0.25) is 0 Å². The van der Waals surface area contributed by atoms with Crippen molar-refractivity contribution in [3.8, 4) is 6.01 Å². The van der Waals surface area contributed by atoms with Crippen LogP contribution in [0.15, 0.2) is 6.07 Å². The quantitative estimate of drug-likeness (QED) is 0.768. The Morgan fingerprint density at radius 2 is 2.20 bits per heavy atom. The summed E-state index contributed by atoms with van der Waals surface area (Å²) < 4.78 is 5.51. The van der Waals surface area contributed by atoms with Crippen LogP contribution in [0.2, 0.25) is 0 Å². The Morgan fingerprint density at radius 3 is 2.85 bits per heavy atom. The molecule has 0 radical (unpaired) electrons. The highest BCUT2D eigenvalue weighted by Gasteiger charge is 2.14. The molecule has 0 saturated carbocycles. The van der Waals surface area contributed by atoms with Crippen molar-refractivity contribution < 1.29 is 9.53 Å². The van der Waals surface area contributed by atoms with E-state index in [2.05, 4.69) is 34.4 Å². The lowest BCUT2D eigenvalue weighted by Crippen LogP contribution is -2.35. The fourth-order valence-corrected chi connectivity index (χ4v) is 2.06. The maximum absolute atomic E-state index is 11.0. The second-order valence-electron chi connectivity index (χ2n) is 5.45. The van der Waals surface area contributed by atoms with Gasteiger partial charge in [0, 0.05) is 12.1 Å². The molecule has 6 heteroatoms. The highest BCUT2D eigenvalue weighted by molar-refractivity contribution is 5.73. The topological polar surface area (TPSA) is 76.1 Å². The van der Waals surface area contributed by atoms with Gasteiger partial charge in [-0.3, -0.25) is 4.79 Å². The summed E-state index contributed by atoms with van der Waals surface area (Å²) in [6.45, 7) is 6.64. The number of anilines is 1. The monoisotopic (exact) mass is 278 g/mol. The highest BCUT2D eigenvalue weighted by Crippen LogP contribution is 2.15. The van der Waals surface area contributed by atoms with Gasteiger partial charge in [0.05, 0.1) is 6.61 Å². The van der Waals surface area contributed by atoms with Gasteiger partial charge in [0.25, 0.3) is 0 Å². The number of aldehydes is 1. The van der Waals surface area contributed by atoms with Crippen LogP contribution in [-0.2, 0) is 0 Å². The Kier molecular flexibility index (Phi) is 5.29. The summed E-state index contributed by atoms with van der Waals surface area (Å²) in [5.41, 5.74) is 0.343. The van der Waals surface area contributed by atoms with Crippen molar-refractivity contribution in [3.05, 3.63) is 11.8 Å². The molecule has 110 valence electrons. The third-order valence-electron chi connectivity index (χ3n) is 3.08. The first-order chi connectivity index (χ1) is 9.67. The number of nitrogens with one attached hydrogen (secondary N) is 2. The van der Waals surface area contributed by atoms with Gasteiger partial charge in [-0.1, -0.05) is 13.8 Å². The molecule has 0 aromatic carbocycles. The van der Waals surface area contributed by atoms with Crippen LogP contribution in [0.1, 0.15) is 37.2 Å². The van der Waals surface area contributed by atoms with Gasteiger partial charge in [-0.2, -0.15) is 9.97 Å². The molecule has 6 nitrogen and oxygen atoms in total. The summed E-state index contributed by atoms with van der Waals surface area (Å²) >= 11 is 0. The smallest absolute Gasteiger partial charge is 0.319 e. The van der Waals surface area contributed by atoms with E-state index in [4.69, 9.17) is 4.74 Å². The molecule has 2 N–H and O–H groups in total. The number of carbonyl (C=O) groups excluding carboxylic acids is 1. The van der Waals surface area contributed by atoms with Crippen molar-refractivity contribution in [2.75, 3.05) is 25.0 Å². The number of carbonyl (C=O) groups is 1. The van der Waals surface area contributed by atoms with Crippen molar-refractivity contribution in [3.63, 3.8) is 0 Å². The molecule has 1 saturated heterocycles. The molecular formula is C14H22N4O2. The lowest BCUT2D eigenvalue weighted by molar-refractivity contribution is 0.111. The lowest BCUT2D eigenvalue weighted by atomic mass is 10.1. The number of rotatable bonds is 6. The molecule has 1 aliphatic rings. The van der Waals surface area contributed by atoms with E-state index in [0.717, 1.165) is 32.2 Å². The standard InChI is InChI=1S/C14H22N4O2/c1-10(2)9-20-14-17-12(8-19)7-13(18-14)16-11-3-5-15-6-4-11/h7-8,10-11,15H,3-6,9H2,1-2H3,(H,16,17,18). The van der Waals surface area contributed by atoms with Crippen molar-refractivity contribution in [2.45, 2.75) is 32.7 Å². The van der Waals surface area contributed by atoms with Gasteiger partial charge in [-0.25, -0.2) is 0 Å². The van der Waals surface area contributed by atoms with E-state index < -0.39 is 0 Å². The number of aromatic nitrogens is 2. The van der Waals surface area contributed by atoms with E-state index in [-0.39, 0.29) is 6.01 Å². The van der Waals surface area contributed by atoms with Crippen LogP contribution < -0.4 is 15.4 Å². The molecule has 1 aliphatic heterocycles. The zero-order valence-electron chi connectivity index (χ0n) is 12.1. The zero-order chi connectivity index (χ0) is 14.4. The third-order valence-corrected chi connectivity index (χ3v) is 3.08.